The summed E-state index contributed by atoms with van der Waals surface area (Å²) in [7, 11) is 0. The lowest BCUT2D eigenvalue weighted by atomic mass is 10.1. The molecule has 1 aromatic rings. The molecule has 0 aliphatic rings. The highest BCUT2D eigenvalue weighted by molar-refractivity contribution is 5.77. The van der Waals surface area contributed by atoms with Crippen LogP contribution in [0, 0.1) is 0 Å². The maximum absolute atomic E-state index is 5.46. The Morgan fingerprint density at radius 2 is 2.42 bits per heavy atom. The largest absolute Gasteiger partial charge is 0.367 e. The Labute approximate surface area is 70.9 Å². The molecule has 0 spiro atoms. The topological polar surface area (TPSA) is 52.0 Å². The van der Waals surface area contributed by atoms with E-state index in [0.717, 1.165) is 5.57 Å². The Bertz CT molecular complexity index is 323. The zero-order valence-corrected chi connectivity index (χ0v) is 6.66. The highest BCUT2D eigenvalue weighted by Gasteiger charge is 2.03. The van der Waals surface area contributed by atoms with Gasteiger partial charge in [0.05, 0.1) is 11.8 Å². The molecular formula is C9H10N2O. The van der Waals surface area contributed by atoms with Gasteiger partial charge in [-0.15, -0.1) is 0 Å². The van der Waals surface area contributed by atoms with Crippen molar-refractivity contribution in [1.29, 1.82) is 0 Å². The molecule has 3 nitrogen and oxygen atoms in total. The van der Waals surface area contributed by atoms with Gasteiger partial charge in [0, 0.05) is 0 Å². The van der Waals surface area contributed by atoms with E-state index < -0.39 is 0 Å². The Morgan fingerprint density at radius 3 is 2.92 bits per heavy atom. The van der Waals surface area contributed by atoms with Gasteiger partial charge in [0.1, 0.15) is 0 Å². The average molecular weight is 162 g/mol. The second-order valence-electron chi connectivity index (χ2n) is 2.22. The molecule has 1 rings (SSSR count). The first-order valence-electron chi connectivity index (χ1n) is 3.44. The van der Waals surface area contributed by atoms with E-state index in [1.807, 2.05) is 0 Å². The molecule has 0 saturated heterocycles. The average Bonchev–Trinajstić information content (AvgIpc) is 2.47. The summed E-state index contributed by atoms with van der Waals surface area (Å²) in [5.74, 6) is 0.286. The third kappa shape index (κ3) is 1.63. The number of nitrogens with two attached hydrogens (primary N) is 1. The van der Waals surface area contributed by atoms with E-state index in [4.69, 9.17) is 5.73 Å². The van der Waals surface area contributed by atoms with Gasteiger partial charge in [-0.2, -0.15) is 0 Å². The number of aromatic nitrogens is 1. The van der Waals surface area contributed by atoms with Gasteiger partial charge in [-0.3, -0.25) is 0 Å². The maximum atomic E-state index is 5.46. The first-order chi connectivity index (χ1) is 5.75. The molecule has 0 amide bonds. The standard InChI is InChI=1S/C9H10N2O/c1-3-4-5-7(2)8-6-11-12-9(8)10/h3-6H,1-2,10H2/b5-4-. The lowest BCUT2D eigenvalue weighted by Gasteiger charge is -1.92. The van der Waals surface area contributed by atoms with Gasteiger partial charge in [-0.05, 0) is 5.57 Å². The highest BCUT2D eigenvalue weighted by atomic mass is 16.5. The van der Waals surface area contributed by atoms with E-state index in [2.05, 4.69) is 22.8 Å². The summed E-state index contributed by atoms with van der Waals surface area (Å²) in [6, 6.07) is 0. The molecule has 2 N–H and O–H groups in total. The zero-order chi connectivity index (χ0) is 8.97. The van der Waals surface area contributed by atoms with Crippen LogP contribution < -0.4 is 5.73 Å². The van der Waals surface area contributed by atoms with E-state index >= 15 is 0 Å². The number of allylic oxidation sites excluding steroid dienone is 4. The SMILES string of the molecule is C=C/C=C\C(=C)c1cnoc1N. The van der Waals surface area contributed by atoms with Gasteiger partial charge in [-0.1, -0.05) is 36.5 Å². The Morgan fingerprint density at radius 1 is 1.67 bits per heavy atom. The van der Waals surface area contributed by atoms with Crippen molar-refractivity contribution in [3.05, 3.63) is 43.1 Å². The molecule has 0 aliphatic heterocycles. The van der Waals surface area contributed by atoms with E-state index in [9.17, 15) is 0 Å². The molecule has 0 unspecified atom stereocenters. The third-order valence-corrected chi connectivity index (χ3v) is 1.38. The lowest BCUT2D eigenvalue weighted by molar-refractivity contribution is 0.436. The molecule has 0 aromatic carbocycles. The third-order valence-electron chi connectivity index (χ3n) is 1.38. The van der Waals surface area contributed by atoms with Gasteiger partial charge in [0.15, 0.2) is 0 Å². The number of anilines is 1. The van der Waals surface area contributed by atoms with E-state index in [1.54, 1.807) is 18.2 Å². The van der Waals surface area contributed by atoms with Gasteiger partial charge in [0.25, 0.3) is 0 Å². The van der Waals surface area contributed by atoms with Gasteiger partial charge < -0.3 is 10.3 Å². The first kappa shape index (κ1) is 8.33. The monoisotopic (exact) mass is 162 g/mol. The number of hydrogen-bond acceptors (Lipinski definition) is 3. The van der Waals surface area contributed by atoms with E-state index in [-0.39, 0.29) is 5.88 Å². The van der Waals surface area contributed by atoms with Crippen molar-refractivity contribution in [1.82, 2.24) is 5.16 Å². The van der Waals surface area contributed by atoms with Crippen LogP contribution in [0.4, 0.5) is 5.88 Å². The molecule has 0 radical (unpaired) electrons. The maximum Gasteiger partial charge on any atom is 0.229 e. The van der Waals surface area contributed by atoms with Crippen molar-refractivity contribution >= 4 is 11.5 Å². The van der Waals surface area contributed by atoms with Crippen molar-refractivity contribution in [3.8, 4) is 0 Å². The lowest BCUT2D eigenvalue weighted by Crippen LogP contribution is -1.85. The van der Waals surface area contributed by atoms with Crippen molar-refractivity contribution < 1.29 is 4.52 Å². The predicted molar refractivity (Wildman–Crippen MR) is 49.3 cm³/mol. The smallest absolute Gasteiger partial charge is 0.229 e. The number of nitrogen functional groups attached to an aromatic ring is 1. The van der Waals surface area contributed by atoms with Crippen LogP contribution in [0.3, 0.4) is 0 Å². The van der Waals surface area contributed by atoms with Crippen molar-refractivity contribution in [2.45, 2.75) is 0 Å². The Hall–Kier alpha value is -1.77. The Balaban J connectivity index is 2.85. The zero-order valence-electron chi connectivity index (χ0n) is 6.66. The molecule has 0 atom stereocenters. The van der Waals surface area contributed by atoms with Gasteiger partial charge >= 0.3 is 0 Å². The molecule has 0 fully saturated rings. The molecule has 12 heavy (non-hydrogen) atoms. The second kappa shape index (κ2) is 3.57. The van der Waals surface area contributed by atoms with Crippen LogP contribution in [-0.4, -0.2) is 5.16 Å². The first-order valence-corrected chi connectivity index (χ1v) is 3.44. The van der Waals surface area contributed by atoms with E-state index in [1.165, 1.54) is 6.20 Å². The van der Waals surface area contributed by atoms with Crippen LogP contribution in [0.5, 0.6) is 0 Å². The summed E-state index contributed by atoms with van der Waals surface area (Å²) < 4.78 is 4.67. The van der Waals surface area contributed by atoms with Crippen LogP contribution in [-0.2, 0) is 0 Å². The van der Waals surface area contributed by atoms with Crippen molar-refractivity contribution in [2.75, 3.05) is 5.73 Å². The number of rotatable bonds is 3. The van der Waals surface area contributed by atoms with E-state index in [0.29, 0.717) is 5.56 Å². The number of nitrogens with zero attached hydrogens (tertiary/aromatic N) is 1. The summed E-state index contributed by atoms with van der Waals surface area (Å²) in [5.41, 5.74) is 6.94. The fourth-order valence-corrected chi connectivity index (χ4v) is 0.764. The van der Waals surface area contributed by atoms with Gasteiger partial charge in [-0.25, -0.2) is 0 Å². The molecule has 1 aromatic heterocycles. The molecule has 0 aliphatic carbocycles. The molecule has 3 heteroatoms. The quantitative estimate of drug-likeness (QED) is 0.691. The highest BCUT2D eigenvalue weighted by Crippen LogP contribution is 2.19. The molecule has 0 saturated carbocycles. The second-order valence-corrected chi connectivity index (χ2v) is 2.22. The molecule has 62 valence electrons. The predicted octanol–water partition coefficient (Wildman–Crippen LogP) is 2.01. The molecular weight excluding hydrogens is 152 g/mol. The Kier molecular flexibility index (Phi) is 2.48. The minimum Gasteiger partial charge on any atom is -0.367 e. The molecule has 1 heterocycles. The molecule has 0 bridgehead atoms. The minimum atomic E-state index is 0.286. The number of hydrogen-bond donors (Lipinski definition) is 1. The van der Waals surface area contributed by atoms with Crippen LogP contribution in [0.1, 0.15) is 5.56 Å². The summed E-state index contributed by atoms with van der Waals surface area (Å²) in [4.78, 5) is 0. The van der Waals surface area contributed by atoms with Crippen molar-refractivity contribution in [2.24, 2.45) is 0 Å². The normalized spacial score (nSPS) is 10.3. The van der Waals surface area contributed by atoms with Crippen LogP contribution in [0.2, 0.25) is 0 Å². The summed E-state index contributed by atoms with van der Waals surface area (Å²) in [6.07, 6.45) is 6.75. The summed E-state index contributed by atoms with van der Waals surface area (Å²) >= 11 is 0. The summed E-state index contributed by atoms with van der Waals surface area (Å²) in [5, 5.41) is 3.53. The fraction of sp³-hybridized carbons (Fsp3) is 0. The van der Waals surface area contributed by atoms with Gasteiger partial charge in [0.2, 0.25) is 5.88 Å². The minimum absolute atomic E-state index is 0.286. The van der Waals surface area contributed by atoms with Crippen LogP contribution >= 0.6 is 0 Å². The summed E-state index contributed by atoms with van der Waals surface area (Å²) in [6.45, 7) is 7.32. The van der Waals surface area contributed by atoms with Crippen molar-refractivity contribution in [3.63, 3.8) is 0 Å². The van der Waals surface area contributed by atoms with Crippen LogP contribution in [0.25, 0.3) is 5.57 Å². The van der Waals surface area contributed by atoms with Crippen LogP contribution in [0.15, 0.2) is 42.1 Å². The fourth-order valence-electron chi connectivity index (χ4n) is 0.764.